The van der Waals surface area contributed by atoms with Gasteiger partial charge in [0.05, 0.1) is 6.04 Å². The number of anilines is 1. The molecule has 2 aliphatic heterocycles. The van der Waals surface area contributed by atoms with Crippen molar-refractivity contribution in [1.29, 1.82) is 0 Å². The summed E-state index contributed by atoms with van der Waals surface area (Å²) < 4.78 is 6.33. The first-order valence-electron chi connectivity index (χ1n) is 13.8. The zero-order chi connectivity index (χ0) is 23.4. The molecule has 4 fully saturated rings. The topological polar surface area (TPSA) is 28.1 Å². The van der Waals surface area contributed by atoms with Gasteiger partial charge in [-0.15, -0.1) is 0 Å². The van der Waals surface area contributed by atoms with Gasteiger partial charge >= 0.3 is 20.1 Å². The van der Waals surface area contributed by atoms with Crippen molar-refractivity contribution in [2.24, 2.45) is 28.2 Å². The van der Waals surface area contributed by atoms with Crippen molar-refractivity contribution in [3.05, 3.63) is 63.2 Å². The summed E-state index contributed by atoms with van der Waals surface area (Å²) in [6.45, 7) is 13.2. The van der Waals surface area contributed by atoms with Crippen molar-refractivity contribution in [3.8, 4) is 0 Å². The van der Waals surface area contributed by atoms with Crippen molar-refractivity contribution in [1.82, 2.24) is 4.90 Å². The molecule has 0 amide bonds. The zero-order valence-electron chi connectivity index (χ0n) is 23.9. The average Bonchev–Trinajstić information content (AvgIpc) is 3.46. The smallest absolute Gasteiger partial charge is 0.508 e. The standard InChI is InChI=1S/C30H42N3O.2CH3.Ir/c1-20(2)26-6-5-7-27(21(3)4)28(26)33-11-10-32(19-33)9-8-25-18-34-29(31-25)30-15-22-12-23(16-30)14-24(13-22)17-30;;;/h5-7,10-11,19-25H,8-9,12-18H2,1-4H3;2*1H3;/q3*-1;+3/t22?,23?,24?,25-,30?;;;/m0.../s1. The van der Waals surface area contributed by atoms with Gasteiger partial charge in [0.2, 0.25) is 0 Å². The van der Waals surface area contributed by atoms with E-state index in [0.29, 0.717) is 23.3 Å². The molecule has 6 aliphatic rings. The van der Waals surface area contributed by atoms with Gasteiger partial charge in [0, 0.05) is 11.1 Å². The first-order valence-corrected chi connectivity index (χ1v) is 13.8. The number of para-hydroxylation sites is 1. The fourth-order valence-corrected chi connectivity index (χ4v) is 7.99. The molecule has 0 spiro atoms. The van der Waals surface area contributed by atoms with E-state index in [1.807, 2.05) is 0 Å². The number of nitrogens with zero attached hydrogens (tertiary/aromatic N) is 3. The molecule has 7 rings (SSSR count). The van der Waals surface area contributed by atoms with Gasteiger partial charge in [0.1, 0.15) is 6.61 Å². The van der Waals surface area contributed by atoms with Gasteiger partial charge in [0.25, 0.3) is 0 Å². The Hall–Kier alpha value is -1.32. The van der Waals surface area contributed by atoms with Crippen LogP contribution in [0.15, 0.2) is 35.6 Å². The Labute approximate surface area is 240 Å². The summed E-state index contributed by atoms with van der Waals surface area (Å²) in [5.74, 6) is 4.96. The average molecular weight is 683 g/mol. The van der Waals surface area contributed by atoms with E-state index in [4.69, 9.17) is 9.73 Å². The number of rotatable bonds is 7. The monoisotopic (exact) mass is 683 g/mol. The molecule has 1 aromatic carbocycles. The van der Waals surface area contributed by atoms with Gasteiger partial charge in [-0.25, -0.2) is 4.99 Å². The molecule has 0 saturated heterocycles. The SMILES string of the molecule is CC(C)c1cccc(C(C)C)c1N1C=CN(CC[C@H]2COC(C34CC5CC(CC(C5)C3)C4)=N2)[CH-]1.[CH3-].[CH3-].[Ir+3]. The Morgan fingerprint density at radius 3 is 2.05 bits per heavy atom. The third kappa shape index (κ3) is 5.69. The van der Waals surface area contributed by atoms with Gasteiger partial charge in [-0.3, -0.25) is 0 Å². The molecule has 2 heterocycles. The molecule has 37 heavy (non-hydrogen) atoms. The molecule has 4 bridgehead atoms. The molecule has 0 radical (unpaired) electrons. The van der Waals surface area contributed by atoms with E-state index >= 15 is 0 Å². The maximum Gasteiger partial charge on any atom is 3.00 e. The maximum atomic E-state index is 6.33. The van der Waals surface area contributed by atoms with Crippen LogP contribution in [0.25, 0.3) is 0 Å². The summed E-state index contributed by atoms with van der Waals surface area (Å²) in [5, 5.41) is 0. The number of hydrogen-bond donors (Lipinski definition) is 0. The Kier molecular flexibility index (Phi) is 9.66. The van der Waals surface area contributed by atoms with Crippen LogP contribution in [0.2, 0.25) is 0 Å². The zero-order valence-corrected chi connectivity index (χ0v) is 26.3. The van der Waals surface area contributed by atoms with Gasteiger partial charge in [0.15, 0.2) is 5.90 Å². The molecule has 5 heteroatoms. The molecular weight excluding hydrogens is 635 g/mol. The normalized spacial score (nSPS) is 31.2. The molecule has 1 aromatic rings. The quantitative estimate of drug-likeness (QED) is 0.274. The van der Waals surface area contributed by atoms with Crippen LogP contribution in [0.4, 0.5) is 5.69 Å². The first kappa shape index (κ1) is 30.2. The maximum absolute atomic E-state index is 6.33. The minimum atomic E-state index is 0. The van der Waals surface area contributed by atoms with E-state index in [1.165, 1.54) is 55.3 Å². The second-order valence-electron chi connectivity index (χ2n) is 12.5. The first-order chi connectivity index (χ1) is 16.4. The van der Waals surface area contributed by atoms with Crippen LogP contribution in [-0.2, 0) is 24.8 Å². The van der Waals surface area contributed by atoms with Crippen LogP contribution < -0.4 is 4.90 Å². The minimum absolute atomic E-state index is 0. The van der Waals surface area contributed by atoms with Crippen molar-refractivity contribution < 1.29 is 24.8 Å². The Morgan fingerprint density at radius 1 is 0.946 bits per heavy atom. The van der Waals surface area contributed by atoms with Crippen LogP contribution >= 0.6 is 0 Å². The number of hydrogen-bond acceptors (Lipinski definition) is 4. The Balaban J connectivity index is 0.00000127. The fraction of sp³-hybridized carbons (Fsp3) is 0.625. The summed E-state index contributed by atoms with van der Waals surface area (Å²) in [5.41, 5.74) is 4.50. The Bertz CT molecular complexity index is 923. The second kappa shape index (κ2) is 11.8. The van der Waals surface area contributed by atoms with E-state index in [9.17, 15) is 0 Å². The molecular formula is C32H48IrN3O. The largest absolute Gasteiger partial charge is 3.00 e. The second-order valence-corrected chi connectivity index (χ2v) is 12.5. The van der Waals surface area contributed by atoms with Crippen molar-refractivity contribution in [3.63, 3.8) is 0 Å². The van der Waals surface area contributed by atoms with Crippen molar-refractivity contribution >= 4 is 11.6 Å². The predicted octanol–water partition coefficient (Wildman–Crippen LogP) is 7.95. The molecule has 4 saturated carbocycles. The summed E-state index contributed by atoms with van der Waals surface area (Å²) in [6.07, 6.45) is 13.9. The van der Waals surface area contributed by atoms with Crippen LogP contribution in [0.5, 0.6) is 0 Å². The van der Waals surface area contributed by atoms with E-state index in [-0.39, 0.29) is 35.0 Å². The molecule has 0 aromatic heterocycles. The van der Waals surface area contributed by atoms with Crippen LogP contribution in [0.3, 0.4) is 0 Å². The molecule has 4 nitrogen and oxygen atoms in total. The summed E-state index contributed by atoms with van der Waals surface area (Å²) in [7, 11) is 0. The third-order valence-electron chi connectivity index (χ3n) is 9.22. The third-order valence-corrected chi connectivity index (χ3v) is 9.22. The van der Waals surface area contributed by atoms with Crippen LogP contribution in [0, 0.1) is 44.7 Å². The van der Waals surface area contributed by atoms with Crippen LogP contribution in [0.1, 0.15) is 95.6 Å². The number of aliphatic imine (C=N–C) groups is 1. The van der Waals surface area contributed by atoms with E-state index in [2.05, 4.69) is 74.8 Å². The van der Waals surface area contributed by atoms with Gasteiger partial charge < -0.3 is 29.4 Å². The number of ether oxygens (including phenoxy) is 1. The molecule has 0 N–H and O–H groups in total. The van der Waals surface area contributed by atoms with Crippen molar-refractivity contribution in [2.75, 3.05) is 18.1 Å². The van der Waals surface area contributed by atoms with Gasteiger partial charge in [-0.05, 0) is 105 Å². The summed E-state index contributed by atoms with van der Waals surface area (Å²) >= 11 is 0. The molecule has 4 aliphatic carbocycles. The van der Waals surface area contributed by atoms with Gasteiger partial charge in [-0.2, -0.15) is 6.67 Å². The fourth-order valence-electron chi connectivity index (χ4n) is 7.99. The number of benzene rings is 1. The van der Waals surface area contributed by atoms with E-state index in [0.717, 1.165) is 43.2 Å². The van der Waals surface area contributed by atoms with E-state index in [1.54, 1.807) is 0 Å². The summed E-state index contributed by atoms with van der Waals surface area (Å²) in [6, 6.07) is 7.10. The predicted molar refractivity (Wildman–Crippen MR) is 152 cm³/mol. The van der Waals surface area contributed by atoms with Crippen LogP contribution in [-0.4, -0.2) is 30.0 Å². The summed E-state index contributed by atoms with van der Waals surface area (Å²) in [4.78, 5) is 9.87. The van der Waals surface area contributed by atoms with Crippen molar-refractivity contribution in [2.45, 2.75) is 90.5 Å². The van der Waals surface area contributed by atoms with E-state index < -0.39 is 0 Å². The molecule has 0 unspecified atom stereocenters. The van der Waals surface area contributed by atoms with Gasteiger partial charge in [-0.1, -0.05) is 45.9 Å². The Morgan fingerprint density at radius 2 is 1.51 bits per heavy atom. The molecule has 1 atom stereocenters. The molecule has 206 valence electrons. The minimum Gasteiger partial charge on any atom is -0.508 e.